The minimum Gasteiger partial charge on any atom is -0.374 e. The number of hydrogen-bond donors (Lipinski definition) is 3. The van der Waals surface area contributed by atoms with Crippen molar-refractivity contribution in [1.29, 1.82) is 5.41 Å². The fourth-order valence-corrected chi connectivity index (χ4v) is 0.947. The Morgan fingerprint density at radius 3 is 2.50 bits per heavy atom. The lowest BCUT2D eigenvalue weighted by atomic mass is 10.0. The molecule has 0 aliphatic rings. The van der Waals surface area contributed by atoms with Gasteiger partial charge >= 0.3 is 0 Å². The second-order valence-electron chi connectivity index (χ2n) is 3.60. The molecule has 0 aromatic carbocycles. The van der Waals surface area contributed by atoms with Crippen molar-refractivity contribution in [3.05, 3.63) is 0 Å². The van der Waals surface area contributed by atoms with Gasteiger partial charge in [0.2, 0.25) is 0 Å². The molecule has 4 N–H and O–H groups in total. The molecule has 12 heavy (non-hydrogen) atoms. The molecule has 0 saturated carbocycles. The van der Waals surface area contributed by atoms with E-state index in [9.17, 15) is 0 Å². The molecule has 0 spiro atoms. The molecule has 0 rings (SSSR count). The summed E-state index contributed by atoms with van der Waals surface area (Å²) >= 11 is 0. The number of rotatable bonds is 5. The standard InChI is InChI=1S/C9H21N3/c1-7(2)9(11)5-4-6-12-8(3)10/h7,9H,4-6,11H2,1-3H3,(H2,10,12). The summed E-state index contributed by atoms with van der Waals surface area (Å²) in [7, 11) is 0. The molecule has 3 nitrogen and oxygen atoms in total. The van der Waals surface area contributed by atoms with Gasteiger partial charge in [-0.2, -0.15) is 0 Å². The van der Waals surface area contributed by atoms with Crippen molar-refractivity contribution in [1.82, 2.24) is 5.32 Å². The summed E-state index contributed by atoms with van der Waals surface area (Å²) in [6, 6.07) is 0.304. The van der Waals surface area contributed by atoms with E-state index in [1.165, 1.54) is 0 Å². The number of nitrogens with one attached hydrogen (secondary N) is 2. The third kappa shape index (κ3) is 6.16. The van der Waals surface area contributed by atoms with Gasteiger partial charge in [0, 0.05) is 12.6 Å². The molecule has 0 aliphatic carbocycles. The minimum absolute atomic E-state index is 0.304. The van der Waals surface area contributed by atoms with Gasteiger partial charge in [-0.25, -0.2) is 0 Å². The second kappa shape index (κ2) is 6.00. The van der Waals surface area contributed by atoms with E-state index in [4.69, 9.17) is 11.1 Å². The molecule has 0 aliphatic heterocycles. The van der Waals surface area contributed by atoms with Crippen LogP contribution in [0.3, 0.4) is 0 Å². The molecular weight excluding hydrogens is 150 g/mol. The molecule has 0 bridgehead atoms. The van der Waals surface area contributed by atoms with Crippen LogP contribution in [0, 0.1) is 11.3 Å². The quantitative estimate of drug-likeness (QED) is 0.332. The van der Waals surface area contributed by atoms with Crippen LogP contribution in [0.25, 0.3) is 0 Å². The maximum Gasteiger partial charge on any atom is 0.0899 e. The SMILES string of the molecule is CC(=N)NCCCC(N)C(C)C. The van der Waals surface area contributed by atoms with Gasteiger partial charge in [-0.1, -0.05) is 13.8 Å². The fraction of sp³-hybridized carbons (Fsp3) is 0.889. The zero-order valence-corrected chi connectivity index (χ0v) is 8.35. The Hall–Kier alpha value is -0.570. The number of nitrogens with two attached hydrogens (primary N) is 1. The average molecular weight is 171 g/mol. The Kier molecular flexibility index (Phi) is 5.72. The molecule has 0 heterocycles. The molecule has 1 unspecified atom stereocenters. The first kappa shape index (κ1) is 11.4. The van der Waals surface area contributed by atoms with E-state index >= 15 is 0 Å². The number of hydrogen-bond acceptors (Lipinski definition) is 2. The van der Waals surface area contributed by atoms with Gasteiger partial charge in [0.1, 0.15) is 0 Å². The van der Waals surface area contributed by atoms with Gasteiger partial charge in [0.05, 0.1) is 5.84 Å². The first-order valence-corrected chi connectivity index (χ1v) is 4.58. The predicted octanol–water partition coefficient (Wildman–Crippen LogP) is 1.34. The molecule has 0 aromatic heterocycles. The summed E-state index contributed by atoms with van der Waals surface area (Å²) in [5.41, 5.74) is 5.85. The van der Waals surface area contributed by atoms with Gasteiger partial charge in [-0.3, -0.25) is 5.41 Å². The van der Waals surface area contributed by atoms with E-state index in [1.54, 1.807) is 6.92 Å². The predicted molar refractivity (Wildman–Crippen MR) is 53.5 cm³/mol. The van der Waals surface area contributed by atoms with E-state index in [-0.39, 0.29) is 0 Å². The van der Waals surface area contributed by atoms with Gasteiger partial charge in [-0.15, -0.1) is 0 Å². The maximum atomic E-state index is 7.12. The molecule has 1 atom stereocenters. The zero-order valence-electron chi connectivity index (χ0n) is 8.35. The summed E-state index contributed by atoms with van der Waals surface area (Å²) in [6.07, 6.45) is 2.09. The molecule has 0 amide bonds. The van der Waals surface area contributed by atoms with Crippen LogP contribution >= 0.6 is 0 Å². The van der Waals surface area contributed by atoms with Crippen LogP contribution < -0.4 is 11.1 Å². The van der Waals surface area contributed by atoms with E-state index in [1.807, 2.05) is 0 Å². The van der Waals surface area contributed by atoms with Crippen LogP contribution in [-0.2, 0) is 0 Å². The topological polar surface area (TPSA) is 61.9 Å². The Bertz CT molecular complexity index is 132. The fourth-order valence-electron chi connectivity index (χ4n) is 0.947. The highest BCUT2D eigenvalue weighted by Crippen LogP contribution is 2.04. The van der Waals surface area contributed by atoms with Crippen molar-refractivity contribution in [2.45, 2.75) is 39.7 Å². The molecule has 0 radical (unpaired) electrons. The second-order valence-corrected chi connectivity index (χ2v) is 3.60. The van der Waals surface area contributed by atoms with Gasteiger partial charge in [0.25, 0.3) is 0 Å². The highest BCUT2D eigenvalue weighted by molar-refractivity contribution is 5.75. The van der Waals surface area contributed by atoms with E-state index in [2.05, 4.69) is 19.2 Å². The van der Waals surface area contributed by atoms with Gasteiger partial charge in [0.15, 0.2) is 0 Å². The van der Waals surface area contributed by atoms with Crippen LogP contribution in [0.4, 0.5) is 0 Å². The lowest BCUT2D eigenvalue weighted by Gasteiger charge is -2.15. The largest absolute Gasteiger partial charge is 0.374 e. The third-order valence-corrected chi connectivity index (χ3v) is 1.96. The molecule has 3 heteroatoms. The monoisotopic (exact) mass is 171 g/mol. The Morgan fingerprint density at radius 1 is 1.50 bits per heavy atom. The van der Waals surface area contributed by atoms with Crippen molar-refractivity contribution in [3.63, 3.8) is 0 Å². The van der Waals surface area contributed by atoms with E-state index in [0.29, 0.717) is 17.8 Å². The lowest BCUT2D eigenvalue weighted by Crippen LogP contribution is -2.28. The highest BCUT2D eigenvalue weighted by Gasteiger charge is 2.05. The lowest BCUT2D eigenvalue weighted by molar-refractivity contribution is 0.451. The van der Waals surface area contributed by atoms with Crippen LogP contribution in [-0.4, -0.2) is 18.4 Å². The van der Waals surface area contributed by atoms with Crippen molar-refractivity contribution < 1.29 is 0 Å². The average Bonchev–Trinajstić information content (AvgIpc) is 1.97. The molecule has 0 saturated heterocycles. The smallest absolute Gasteiger partial charge is 0.0899 e. The van der Waals surface area contributed by atoms with Crippen LogP contribution in [0.1, 0.15) is 33.6 Å². The number of amidine groups is 1. The van der Waals surface area contributed by atoms with Gasteiger partial charge < -0.3 is 11.1 Å². The van der Waals surface area contributed by atoms with Gasteiger partial charge in [-0.05, 0) is 25.7 Å². The highest BCUT2D eigenvalue weighted by atomic mass is 14.9. The molecular formula is C9H21N3. The zero-order chi connectivity index (χ0) is 9.56. The summed E-state index contributed by atoms with van der Waals surface area (Å²) in [4.78, 5) is 0. The van der Waals surface area contributed by atoms with E-state index < -0.39 is 0 Å². The first-order chi connectivity index (χ1) is 5.54. The van der Waals surface area contributed by atoms with Crippen LogP contribution in [0.2, 0.25) is 0 Å². The Balaban J connectivity index is 3.25. The molecule has 72 valence electrons. The van der Waals surface area contributed by atoms with Crippen molar-refractivity contribution >= 4 is 5.84 Å². The van der Waals surface area contributed by atoms with Crippen LogP contribution in [0.5, 0.6) is 0 Å². The van der Waals surface area contributed by atoms with E-state index in [0.717, 1.165) is 19.4 Å². The normalized spacial score (nSPS) is 13.1. The molecule has 0 fully saturated rings. The Labute approximate surface area is 75.2 Å². The third-order valence-electron chi connectivity index (χ3n) is 1.96. The van der Waals surface area contributed by atoms with Crippen molar-refractivity contribution in [2.24, 2.45) is 11.7 Å². The maximum absolute atomic E-state index is 7.12. The minimum atomic E-state index is 0.304. The van der Waals surface area contributed by atoms with Crippen LogP contribution in [0.15, 0.2) is 0 Å². The summed E-state index contributed by atoms with van der Waals surface area (Å²) < 4.78 is 0. The van der Waals surface area contributed by atoms with Crippen molar-refractivity contribution in [3.8, 4) is 0 Å². The summed E-state index contributed by atoms with van der Waals surface area (Å²) in [5.74, 6) is 1.10. The summed E-state index contributed by atoms with van der Waals surface area (Å²) in [5, 5.41) is 10.1. The summed E-state index contributed by atoms with van der Waals surface area (Å²) in [6.45, 7) is 6.90. The molecule has 0 aromatic rings. The first-order valence-electron chi connectivity index (χ1n) is 4.58. The Morgan fingerprint density at radius 2 is 2.08 bits per heavy atom. The van der Waals surface area contributed by atoms with Crippen molar-refractivity contribution in [2.75, 3.05) is 6.54 Å².